The van der Waals surface area contributed by atoms with E-state index in [1.807, 2.05) is 0 Å². The van der Waals surface area contributed by atoms with Crippen LogP contribution >= 0.6 is 0 Å². The number of aliphatic hydroxyl groups is 4. The molecule has 0 bridgehead atoms. The molecule has 0 radical (unpaired) electrons. The Morgan fingerprint density at radius 1 is 0.692 bits per heavy atom. The average molecular weight is 369 g/mol. The van der Waals surface area contributed by atoms with Crippen molar-refractivity contribution < 1.29 is 20.4 Å². The van der Waals surface area contributed by atoms with Gasteiger partial charge in [0.2, 0.25) is 0 Å². The van der Waals surface area contributed by atoms with Gasteiger partial charge in [0.1, 0.15) is 0 Å². The fraction of sp³-hybridized carbons (Fsp3) is 0.700. The molecule has 1 aromatic carbocycles. The fourth-order valence-electron chi connectivity index (χ4n) is 3.03. The molecule has 0 heterocycles. The third-order valence-corrected chi connectivity index (χ3v) is 4.03. The zero-order valence-electron chi connectivity index (χ0n) is 16.5. The highest BCUT2D eigenvalue weighted by molar-refractivity contribution is 5.40. The van der Waals surface area contributed by atoms with Crippen molar-refractivity contribution in [3.8, 4) is 0 Å². The van der Waals surface area contributed by atoms with Gasteiger partial charge in [-0.25, -0.2) is 0 Å². The van der Waals surface area contributed by atoms with Gasteiger partial charge in [0.25, 0.3) is 0 Å². The van der Waals surface area contributed by atoms with Crippen molar-refractivity contribution in [3.05, 3.63) is 34.4 Å². The lowest BCUT2D eigenvalue weighted by Gasteiger charge is -2.20. The van der Waals surface area contributed by atoms with Crippen LogP contribution in [-0.4, -0.2) is 57.9 Å². The van der Waals surface area contributed by atoms with Gasteiger partial charge in [-0.1, -0.05) is 12.1 Å². The molecule has 4 atom stereocenters. The Bertz CT molecular complexity index is 531. The first kappa shape index (κ1) is 23.0. The Labute approximate surface area is 157 Å². The molecule has 0 aliphatic heterocycles. The summed E-state index contributed by atoms with van der Waals surface area (Å²) in [5.41, 5.74) is 4.23. The fourth-order valence-corrected chi connectivity index (χ4v) is 3.03. The van der Waals surface area contributed by atoms with Crippen molar-refractivity contribution in [2.75, 3.05) is 13.1 Å². The van der Waals surface area contributed by atoms with Crippen molar-refractivity contribution in [3.63, 3.8) is 0 Å². The molecule has 0 amide bonds. The highest BCUT2D eigenvalue weighted by atomic mass is 16.3. The van der Waals surface area contributed by atoms with Crippen molar-refractivity contribution in [2.45, 2.75) is 78.0 Å². The predicted molar refractivity (Wildman–Crippen MR) is 104 cm³/mol. The highest BCUT2D eigenvalue weighted by Gasteiger charge is 2.15. The number of nitrogens with one attached hydrogen (secondary N) is 2. The molecule has 6 N–H and O–H groups in total. The number of hydrogen-bond donors (Lipinski definition) is 6. The first-order valence-electron chi connectivity index (χ1n) is 9.46. The summed E-state index contributed by atoms with van der Waals surface area (Å²) in [5.74, 6) is 0. The van der Waals surface area contributed by atoms with Gasteiger partial charge in [-0.3, -0.25) is 0 Å². The third-order valence-electron chi connectivity index (χ3n) is 4.03. The van der Waals surface area contributed by atoms with Crippen LogP contribution in [0.3, 0.4) is 0 Å². The van der Waals surface area contributed by atoms with Crippen molar-refractivity contribution in [2.24, 2.45) is 0 Å². The van der Waals surface area contributed by atoms with E-state index < -0.39 is 24.4 Å². The lowest BCUT2D eigenvalue weighted by molar-refractivity contribution is 0.187. The van der Waals surface area contributed by atoms with Crippen LogP contribution in [0.2, 0.25) is 0 Å². The molecule has 0 spiro atoms. The van der Waals surface area contributed by atoms with E-state index in [2.05, 4.69) is 22.8 Å². The van der Waals surface area contributed by atoms with E-state index >= 15 is 0 Å². The van der Waals surface area contributed by atoms with Crippen LogP contribution in [0.15, 0.2) is 12.1 Å². The molecule has 0 saturated carbocycles. The van der Waals surface area contributed by atoms with Crippen LogP contribution in [-0.2, 0) is 25.9 Å². The van der Waals surface area contributed by atoms with Crippen LogP contribution in [0.1, 0.15) is 49.9 Å². The van der Waals surface area contributed by atoms with Crippen LogP contribution in [0.4, 0.5) is 0 Å². The summed E-state index contributed by atoms with van der Waals surface area (Å²) in [6, 6.07) is 4.16. The second kappa shape index (κ2) is 11.6. The van der Waals surface area contributed by atoms with E-state index in [0.29, 0.717) is 39.0 Å². The minimum atomic E-state index is -0.475. The quantitative estimate of drug-likeness (QED) is 0.321. The largest absolute Gasteiger partial charge is 0.393 e. The lowest BCUT2D eigenvalue weighted by atomic mass is 9.90. The Balaban J connectivity index is 3.10. The van der Waals surface area contributed by atoms with Gasteiger partial charge in [-0.15, -0.1) is 0 Å². The Kier molecular flexibility index (Phi) is 10.3. The van der Waals surface area contributed by atoms with Gasteiger partial charge < -0.3 is 31.1 Å². The Hall–Kier alpha value is -1.02. The van der Waals surface area contributed by atoms with Gasteiger partial charge >= 0.3 is 0 Å². The van der Waals surface area contributed by atoms with Crippen LogP contribution < -0.4 is 10.6 Å². The predicted octanol–water partition coefficient (Wildman–Crippen LogP) is 0.474. The number of hydrogen-bond acceptors (Lipinski definition) is 6. The van der Waals surface area contributed by atoms with Gasteiger partial charge in [0.05, 0.1) is 24.4 Å². The number of aliphatic hydroxyl groups excluding tert-OH is 4. The van der Waals surface area contributed by atoms with E-state index in [1.54, 1.807) is 27.7 Å². The lowest BCUT2D eigenvalue weighted by Crippen LogP contribution is -2.26. The Morgan fingerprint density at radius 2 is 1.19 bits per heavy atom. The zero-order chi connectivity index (χ0) is 19.7. The maximum absolute atomic E-state index is 9.91. The summed E-state index contributed by atoms with van der Waals surface area (Å²) >= 11 is 0. The highest BCUT2D eigenvalue weighted by Crippen LogP contribution is 2.22. The topological polar surface area (TPSA) is 105 Å². The Morgan fingerprint density at radius 3 is 1.69 bits per heavy atom. The summed E-state index contributed by atoms with van der Waals surface area (Å²) in [5, 5.41) is 45.1. The number of benzene rings is 1. The molecular formula is C20H36N2O4. The van der Waals surface area contributed by atoms with E-state index in [9.17, 15) is 20.4 Å². The molecule has 26 heavy (non-hydrogen) atoms. The monoisotopic (exact) mass is 368 g/mol. The molecule has 0 aliphatic carbocycles. The van der Waals surface area contributed by atoms with Crippen LogP contribution in [0, 0.1) is 0 Å². The molecule has 150 valence electrons. The maximum Gasteiger partial charge on any atom is 0.0636 e. The molecule has 4 unspecified atom stereocenters. The zero-order valence-corrected chi connectivity index (χ0v) is 16.5. The SMILES string of the molecule is CC(O)CNCc1cc(CNCC(C)O)c(CC(C)O)c(CC(C)O)c1. The summed E-state index contributed by atoms with van der Waals surface area (Å²) in [7, 11) is 0. The second-order valence-electron chi connectivity index (χ2n) is 7.46. The second-order valence-corrected chi connectivity index (χ2v) is 7.46. The van der Waals surface area contributed by atoms with Gasteiger partial charge in [-0.05, 0) is 62.8 Å². The summed E-state index contributed by atoms with van der Waals surface area (Å²) in [6.45, 7) is 9.20. The molecule has 0 aliphatic rings. The molecule has 0 saturated heterocycles. The molecule has 1 aromatic rings. The standard InChI is InChI=1S/C20H36N2O4/c1-13(23)5-18-7-17(11-21-9-15(3)25)8-19(12-22-10-16(4)26)20(18)6-14(2)24/h7-8,13-16,21-26H,5-6,9-12H2,1-4H3. The van der Waals surface area contributed by atoms with Gasteiger partial charge in [-0.2, -0.15) is 0 Å². The molecule has 1 rings (SSSR count). The van der Waals surface area contributed by atoms with Crippen LogP contribution in [0.5, 0.6) is 0 Å². The number of rotatable bonds is 12. The maximum atomic E-state index is 9.91. The van der Waals surface area contributed by atoms with Crippen molar-refractivity contribution >= 4 is 0 Å². The first-order chi connectivity index (χ1) is 12.2. The van der Waals surface area contributed by atoms with Gasteiger partial charge in [0, 0.05) is 26.2 Å². The van der Waals surface area contributed by atoms with E-state index in [4.69, 9.17) is 0 Å². The molecular weight excluding hydrogens is 332 g/mol. The summed E-state index contributed by atoms with van der Waals surface area (Å²) in [6.07, 6.45) is -0.735. The smallest absolute Gasteiger partial charge is 0.0636 e. The average Bonchev–Trinajstić information content (AvgIpc) is 2.48. The summed E-state index contributed by atoms with van der Waals surface area (Å²) in [4.78, 5) is 0. The molecule has 0 fully saturated rings. The van der Waals surface area contributed by atoms with E-state index in [1.165, 1.54) is 0 Å². The molecule has 6 nitrogen and oxygen atoms in total. The minimum Gasteiger partial charge on any atom is -0.393 e. The van der Waals surface area contributed by atoms with Crippen LogP contribution in [0.25, 0.3) is 0 Å². The van der Waals surface area contributed by atoms with Crippen molar-refractivity contribution in [1.29, 1.82) is 0 Å². The molecule has 6 heteroatoms. The first-order valence-corrected chi connectivity index (χ1v) is 9.46. The van der Waals surface area contributed by atoms with Gasteiger partial charge in [0.15, 0.2) is 0 Å². The van der Waals surface area contributed by atoms with E-state index in [-0.39, 0.29) is 0 Å². The minimum absolute atomic E-state index is 0.409. The van der Waals surface area contributed by atoms with E-state index in [0.717, 1.165) is 22.3 Å². The third kappa shape index (κ3) is 9.07. The summed E-state index contributed by atoms with van der Waals surface area (Å²) < 4.78 is 0. The van der Waals surface area contributed by atoms with Crippen molar-refractivity contribution in [1.82, 2.24) is 10.6 Å². The normalized spacial score (nSPS) is 16.3. The molecule has 0 aromatic heterocycles.